The maximum atomic E-state index is 11.7. The van der Waals surface area contributed by atoms with Gasteiger partial charge in [-0.25, -0.2) is 0 Å². The van der Waals surface area contributed by atoms with Crippen molar-refractivity contribution in [2.24, 2.45) is 0 Å². The van der Waals surface area contributed by atoms with Crippen LogP contribution in [0.15, 0.2) is 35.3 Å². The van der Waals surface area contributed by atoms with Crippen LogP contribution in [0.2, 0.25) is 0 Å². The van der Waals surface area contributed by atoms with E-state index in [2.05, 4.69) is 20.2 Å². The first-order valence-electron chi connectivity index (χ1n) is 7.33. The highest BCUT2D eigenvalue weighted by molar-refractivity contribution is 5.77. The summed E-state index contributed by atoms with van der Waals surface area (Å²) in [7, 11) is 1.58. The molecule has 2 aromatic heterocycles. The number of rotatable bonds is 5. The number of aromatic nitrogens is 4. The highest BCUT2D eigenvalue weighted by atomic mass is 16.6. The molecule has 3 N–H and O–H groups in total. The Labute approximate surface area is 146 Å². The second-order valence-corrected chi connectivity index (χ2v) is 5.14. The predicted molar refractivity (Wildman–Crippen MR) is 92.7 cm³/mol. The molecular formula is C16H13N5O5. The molecule has 0 radical (unpaired) electrons. The van der Waals surface area contributed by atoms with Crippen LogP contribution >= 0.6 is 0 Å². The van der Waals surface area contributed by atoms with E-state index in [4.69, 9.17) is 4.74 Å². The van der Waals surface area contributed by atoms with E-state index in [0.717, 1.165) is 11.3 Å². The van der Waals surface area contributed by atoms with Crippen LogP contribution in [0.5, 0.6) is 11.6 Å². The molecule has 0 aliphatic carbocycles. The lowest BCUT2D eigenvalue weighted by molar-refractivity contribution is -0.387. The molecule has 10 heteroatoms. The van der Waals surface area contributed by atoms with E-state index >= 15 is 0 Å². The predicted octanol–water partition coefficient (Wildman–Crippen LogP) is 1.95. The van der Waals surface area contributed by atoms with E-state index in [9.17, 15) is 20.0 Å². The van der Waals surface area contributed by atoms with Gasteiger partial charge in [-0.3, -0.25) is 20.0 Å². The summed E-state index contributed by atoms with van der Waals surface area (Å²) in [5.74, 6) is -0.255. The van der Waals surface area contributed by atoms with Gasteiger partial charge >= 0.3 is 11.2 Å². The van der Waals surface area contributed by atoms with Crippen molar-refractivity contribution in [2.75, 3.05) is 7.11 Å². The number of H-pyrrole nitrogens is 2. The van der Waals surface area contributed by atoms with Gasteiger partial charge in [-0.1, -0.05) is 0 Å². The van der Waals surface area contributed by atoms with Crippen LogP contribution in [0.25, 0.3) is 23.4 Å². The van der Waals surface area contributed by atoms with Gasteiger partial charge in [0.25, 0.3) is 5.88 Å². The molecule has 2 heterocycles. The molecule has 0 saturated heterocycles. The zero-order valence-electron chi connectivity index (χ0n) is 13.5. The number of nitrogens with zero attached hydrogens (tertiary/aromatic N) is 3. The Hall–Kier alpha value is -3.95. The third-order valence-electron chi connectivity index (χ3n) is 3.55. The standard InChI is InChI=1S/C16H13N5O5/c1-26-11-5-2-9(3-6-11)13-10(8-17-20-13)4-7-12-18-15(22)14(21(24)25)16(23)19-12/h2-8H,1H3,(H,17,20)(H2,18,19,22,23)/b7-4+. The van der Waals surface area contributed by atoms with Gasteiger partial charge < -0.3 is 14.8 Å². The maximum Gasteiger partial charge on any atom is 0.395 e. The fraction of sp³-hybridized carbons (Fsp3) is 0.0625. The number of nitrogens with one attached hydrogen (secondary N) is 2. The van der Waals surface area contributed by atoms with Crippen molar-refractivity contribution in [1.82, 2.24) is 20.2 Å². The van der Waals surface area contributed by atoms with Crippen LogP contribution < -0.4 is 10.3 Å². The van der Waals surface area contributed by atoms with Gasteiger partial charge in [-0.15, -0.1) is 0 Å². The Kier molecular flexibility index (Phi) is 4.48. The number of ether oxygens (including phenoxy) is 1. The Morgan fingerprint density at radius 1 is 1.27 bits per heavy atom. The van der Waals surface area contributed by atoms with E-state index in [-0.39, 0.29) is 5.82 Å². The summed E-state index contributed by atoms with van der Waals surface area (Å²) in [4.78, 5) is 27.2. The highest BCUT2D eigenvalue weighted by Crippen LogP contribution is 2.25. The quantitative estimate of drug-likeness (QED) is 0.468. The molecule has 0 fully saturated rings. The number of benzene rings is 1. The molecule has 0 amide bonds. The number of hydrogen-bond acceptors (Lipinski definition) is 7. The molecule has 0 unspecified atom stereocenters. The van der Waals surface area contributed by atoms with E-state index in [1.54, 1.807) is 31.5 Å². The molecule has 10 nitrogen and oxygen atoms in total. The van der Waals surface area contributed by atoms with Crippen molar-refractivity contribution < 1.29 is 14.8 Å². The van der Waals surface area contributed by atoms with Crippen LogP contribution in [-0.4, -0.2) is 37.3 Å². The lowest BCUT2D eigenvalue weighted by Crippen LogP contribution is -2.14. The van der Waals surface area contributed by atoms with Gasteiger partial charge in [0.15, 0.2) is 0 Å². The minimum atomic E-state index is -1.04. The van der Waals surface area contributed by atoms with Crippen molar-refractivity contribution in [2.45, 2.75) is 0 Å². The molecule has 0 spiro atoms. The minimum absolute atomic E-state index is 0.0278. The van der Waals surface area contributed by atoms with Crippen molar-refractivity contribution in [3.63, 3.8) is 0 Å². The molecule has 0 atom stereocenters. The maximum absolute atomic E-state index is 11.7. The van der Waals surface area contributed by atoms with Gasteiger partial charge in [0, 0.05) is 11.1 Å². The molecule has 3 rings (SSSR count). The topological polar surface area (TPSA) is 147 Å². The van der Waals surface area contributed by atoms with Crippen LogP contribution in [0.1, 0.15) is 11.4 Å². The Morgan fingerprint density at radius 2 is 2.00 bits per heavy atom. The molecule has 0 aliphatic rings. The molecule has 0 bridgehead atoms. The molecule has 0 saturated carbocycles. The Bertz CT molecular complexity index is 1040. The fourth-order valence-corrected chi connectivity index (χ4v) is 2.30. The van der Waals surface area contributed by atoms with Crippen LogP contribution in [-0.2, 0) is 0 Å². The van der Waals surface area contributed by atoms with Gasteiger partial charge in [0.1, 0.15) is 11.6 Å². The SMILES string of the molecule is COc1ccc(-c2[nH]ncc2/C=C/c2nc(O)c([N+](=O)[O-])c(=O)[nH]2)cc1. The fourth-order valence-electron chi connectivity index (χ4n) is 2.30. The second-order valence-electron chi connectivity index (χ2n) is 5.14. The molecule has 26 heavy (non-hydrogen) atoms. The van der Waals surface area contributed by atoms with Crippen molar-refractivity contribution in [3.05, 3.63) is 62.3 Å². The summed E-state index contributed by atoms with van der Waals surface area (Å²) in [5.41, 5.74) is 0.234. The van der Waals surface area contributed by atoms with Crippen LogP contribution in [0.4, 0.5) is 5.69 Å². The molecule has 0 aliphatic heterocycles. The van der Waals surface area contributed by atoms with Gasteiger partial charge in [-0.05, 0) is 36.4 Å². The van der Waals surface area contributed by atoms with Crippen LogP contribution in [0, 0.1) is 10.1 Å². The first-order valence-corrected chi connectivity index (χ1v) is 7.33. The third-order valence-corrected chi connectivity index (χ3v) is 3.55. The number of hydrogen-bond donors (Lipinski definition) is 3. The summed E-state index contributed by atoms with van der Waals surface area (Å²) in [6, 6.07) is 7.30. The summed E-state index contributed by atoms with van der Waals surface area (Å²) < 4.78 is 5.12. The monoisotopic (exact) mass is 355 g/mol. The number of methoxy groups -OCH3 is 1. The van der Waals surface area contributed by atoms with Gasteiger partial charge in [-0.2, -0.15) is 10.1 Å². The normalized spacial score (nSPS) is 11.0. The van der Waals surface area contributed by atoms with E-state index in [1.165, 1.54) is 6.08 Å². The summed E-state index contributed by atoms with van der Waals surface area (Å²) in [6.45, 7) is 0. The van der Waals surface area contributed by atoms with E-state index < -0.39 is 22.0 Å². The molecule has 3 aromatic rings. The Balaban J connectivity index is 1.92. The van der Waals surface area contributed by atoms with Crippen molar-refractivity contribution in [3.8, 4) is 22.9 Å². The Morgan fingerprint density at radius 3 is 2.62 bits per heavy atom. The largest absolute Gasteiger partial charge is 0.497 e. The average Bonchev–Trinajstić information content (AvgIpc) is 3.07. The van der Waals surface area contributed by atoms with Crippen LogP contribution in [0.3, 0.4) is 0 Å². The van der Waals surface area contributed by atoms with E-state index in [0.29, 0.717) is 11.3 Å². The molecule has 1 aromatic carbocycles. The zero-order valence-corrected chi connectivity index (χ0v) is 13.5. The lowest BCUT2D eigenvalue weighted by atomic mass is 10.1. The third kappa shape index (κ3) is 3.29. The molecular weight excluding hydrogens is 342 g/mol. The van der Waals surface area contributed by atoms with Crippen molar-refractivity contribution >= 4 is 17.8 Å². The van der Waals surface area contributed by atoms with E-state index in [1.807, 2.05) is 12.1 Å². The number of aromatic hydroxyl groups is 1. The lowest BCUT2D eigenvalue weighted by Gasteiger charge is -2.02. The summed E-state index contributed by atoms with van der Waals surface area (Å²) in [6.07, 6.45) is 4.58. The first-order chi connectivity index (χ1) is 12.5. The minimum Gasteiger partial charge on any atom is -0.497 e. The van der Waals surface area contributed by atoms with Gasteiger partial charge in [0.05, 0.1) is 23.9 Å². The first kappa shape index (κ1) is 16.9. The number of nitro groups is 1. The highest BCUT2D eigenvalue weighted by Gasteiger charge is 2.21. The summed E-state index contributed by atoms with van der Waals surface area (Å²) in [5, 5.41) is 27.1. The molecule has 132 valence electrons. The second kappa shape index (κ2) is 6.89. The van der Waals surface area contributed by atoms with Crippen molar-refractivity contribution in [1.29, 1.82) is 0 Å². The summed E-state index contributed by atoms with van der Waals surface area (Å²) >= 11 is 0. The number of aromatic amines is 2. The van der Waals surface area contributed by atoms with Gasteiger partial charge in [0.2, 0.25) is 0 Å². The smallest absolute Gasteiger partial charge is 0.395 e. The average molecular weight is 355 g/mol. The zero-order chi connectivity index (χ0) is 18.7.